The first-order chi connectivity index (χ1) is 10.1. The topological polar surface area (TPSA) is 91.3 Å². The first-order valence-electron chi connectivity index (χ1n) is 7.26. The molecular weight excluding hydrogens is 270 g/mol. The highest BCUT2D eigenvalue weighted by Crippen LogP contribution is 2.37. The maximum absolute atomic E-state index is 11.7. The third-order valence-electron chi connectivity index (χ3n) is 4.02. The van der Waals surface area contributed by atoms with Gasteiger partial charge in [-0.1, -0.05) is 18.9 Å². The van der Waals surface area contributed by atoms with Crippen molar-refractivity contribution in [3.8, 4) is 0 Å². The van der Waals surface area contributed by atoms with Gasteiger partial charge < -0.3 is 15.7 Å². The second-order valence-corrected chi connectivity index (χ2v) is 5.51. The van der Waals surface area contributed by atoms with E-state index in [1.54, 1.807) is 12.4 Å². The summed E-state index contributed by atoms with van der Waals surface area (Å²) >= 11 is 0. The van der Waals surface area contributed by atoms with E-state index in [2.05, 4.69) is 15.6 Å². The lowest BCUT2D eigenvalue weighted by Gasteiger charge is -2.24. The molecule has 2 rings (SSSR count). The molecule has 1 aromatic heterocycles. The second kappa shape index (κ2) is 7.06. The molecule has 6 nitrogen and oxygen atoms in total. The van der Waals surface area contributed by atoms with E-state index in [1.165, 1.54) is 0 Å². The van der Waals surface area contributed by atoms with Gasteiger partial charge in [-0.15, -0.1) is 0 Å². The van der Waals surface area contributed by atoms with Crippen LogP contribution in [0.3, 0.4) is 0 Å². The van der Waals surface area contributed by atoms with Crippen LogP contribution in [0.25, 0.3) is 0 Å². The molecule has 0 unspecified atom stereocenters. The zero-order valence-electron chi connectivity index (χ0n) is 12.0. The molecule has 1 saturated carbocycles. The van der Waals surface area contributed by atoms with Crippen LogP contribution in [-0.4, -0.2) is 35.2 Å². The zero-order chi connectivity index (χ0) is 15.1. The zero-order valence-corrected chi connectivity index (χ0v) is 12.0. The molecule has 1 aliphatic carbocycles. The molecule has 0 saturated heterocycles. The molecular formula is C15H21N3O3. The summed E-state index contributed by atoms with van der Waals surface area (Å²) < 4.78 is 0. The predicted molar refractivity (Wildman–Crippen MR) is 77.9 cm³/mol. The summed E-state index contributed by atoms with van der Waals surface area (Å²) in [7, 11) is 0. The van der Waals surface area contributed by atoms with Gasteiger partial charge in [-0.3, -0.25) is 9.78 Å². The number of hydrogen-bond donors (Lipinski definition) is 3. The summed E-state index contributed by atoms with van der Waals surface area (Å²) in [6, 6.07) is 3.49. The van der Waals surface area contributed by atoms with Crippen molar-refractivity contribution in [2.45, 2.75) is 32.1 Å². The van der Waals surface area contributed by atoms with Gasteiger partial charge >= 0.3 is 12.0 Å². The van der Waals surface area contributed by atoms with Crippen LogP contribution in [0.2, 0.25) is 0 Å². The number of carbonyl (C=O) groups excluding carboxylic acids is 1. The molecule has 21 heavy (non-hydrogen) atoms. The van der Waals surface area contributed by atoms with Crippen LogP contribution >= 0.6 is 0 Å². The van der Waals surface area contributed by atoms with E-state index in [0.29, 0.717) is 25.8 Å². The second-order valence-electron chi connectivity index (χ2n) is 5.51. The summed E-state index contributed by atoms with van der Waals surface area (Å²) in [6.07, 6.45) is 7.27. The standard InChI is InChI=1S/C15H21N3O3/c19-13(20)15(6-1-2-7-15)11-18-14(21)17-9-5-12-4-3-8-16-10-12/h3-4,8,10H,1-2,5-7,9,11H2,(H,19,20)(H2,17,18,21). The fourth-order valence-corrected chi connectivity index (χ4v) is 2.70. The van der Waals surface area contributed by atoms with Gasteiger partial charge in [-0.05, 0) is 30.9 Å². The number of urea groups is 1. The predicted octanol–water partition coefficient (Wildman–Crippen LogP) is 1.57. The minimum absolute atomic E-state index is 0.195. The van der Waals surface area contributed by atoms with Gasteiger partial charge in [0.2, 0.25) is 0 Å². The van der Waals surface area contributed by atoms with Gasteiger partial charge in [0, 0.05) is 25.5 Å². The molecule has 0 radical (unpaired) electrons. The van der Waals surface area contributed by atoms with E-state index < -0.39 is 11.4 Å². The lowest BCUT2D eigenvalue weighted by molar-refractivity contribution is -0.148. The molecule has 1 aliphatic rings. The Labute approximate surface area is 124 Å². The molecule has 0 atom stereocenters. The van der Waals surface area contributed by atoms with Crippen molar-refractivity contribution in [1.82, 2.24) is 15.6 Å². The third-order valence-corrected chi connectivity index (χ3v) is 4.02. The highest BCUT2D eigenvalue weighted by atomic mass is 16.4. The molecule has 1 fully saturated rings. The number of aromatic nitrogens is 1. The summed E-state index contributed by atoms with van der Waals surface area (Å²) in [4.78, 5) is 27.1. The Morgan fingerprint density at radius 3 is 2.67 bits per heavy atom. The molecule has 1 aromatic rings. The van der Waals surface area contributed by atoms with E-state index in [4.69, 9.17) is 0 Å². The number of hydrogen-bond acceptors (Lipinski definition) is 3. The van der Waals surface area contributed by atoms with E-state index in [-0.39, 0.29) is 12.6 Å². The van der Waals surface area contributed by atoms with E-state index in [1.807, 2.05) is 12.1 Å². The number of carbonyl (C=O) groups is 2. The van der Waals surface area contributed by atoms with Crippen LogP contribution in [-0.2, 0) is 11.2 Å². The molecule has 3 N–H and O–H groups in total. The molecule has 0 aromatic carbocycles. The van der Waals surface area contributed by atoms with Crippen molar-refractivity contribution >= 4 is 12.0 Å². The maximum atomic E-state index is 11.7. The van der Waals surface area contributed by atoms with Gasteiger partial charge in [0.05, 0.1) is 5.41 Å². The third kappa shape index (κ3) is 4.18. The van der Waals surface area contributed by atoms with Gasteiger partial charge in [0.1, 0.15) is 0 Å². The molecule has 0 bridgehead atoms. The van der Waals surface area contributed by atoms with Crippen LogP contribution < -0.4 is 10.6 Å². The summed E-state index contributed by atoms with van der Waals surface area (Å²) in [5.41, 5.74) is 0.274. The summed E-state index contributed by atoms with van der Waals surface area (Å²) in [5.74, 6) is -0.810. The summed E-state index contributed by atoms with van der Waals surface area (Å²) in [6.45, 7) is 0.693. The fourth-order valence-electron chi connectivity index (χ4n) is 2.70. The van der Waals surface area contributed by atoms with Crippen LogP contribution in [0, 0.1) is 5.41 Å². The number of carboxylic acid groups (broad SMARTS) is 1. The highest BCUT2D eigenvalue weighted by molar-refractivity contribution is 5.78. The molecule has 2 amide bonds. The van der Waals surface area contributed by atoms with Crippen LogP contribution in [0.4, 0.5) is 4.79 Å². The van der Waals surface area contributed by atoms with Crippen LogP contribution in [0.1, 0.15) is 31.2 Å². The first kappa shape index (κ1) is 15.3. The SMILES string of the molecule is O=C(NCCc1cccnc1)NCC1(C(=O)O)CCCC1. The Morgan fingerprint density at radius 1 is 1.29 bits per heavy atom. The molecule has 1 heterocycles. The lowest BCUT2D eigenvalue weighted by Crippen LogP contribution is -2.45. The number of carboxylic acids is 1. The Bertz CT molecular complexity index is 484. The van der Waals surface area contributed by atoms with Crippen molar-refractivity contribution in [2.75, 3.05) is 13.1 Å². The van der Waals surface area contributed by atoms with Crippen molar-refractivity contribution in [2.24, 2.45) is 5.41 Å². The quantitative estimate of drug-likeness (QED) is 0.742. The molecule has 114 valence electrons. The van der Waals surface area contributed by atoms with E-state index in [9.17, 15) is 14.7 Å². The van der Waals surface area contributed by atoms with Crippen molar-refractivity contribution < 1.29 is 14.7 Å². The first-order valence-corrected chi connectivity index (χ1v) is 7.26. The van der Waals surface area contributed by atoms with E-state index in [0.717, 1.165) is 18.4 Å². The number of nitrogens with zero attached hydrogens (tertiary/aromatic N) is 1. The molecule has 0 aliphatic heterocycles. The van der Waals surface area contributed by atoms with Gasteiger partial charge in [-0.25, -0.2) is 4.79 Å². The number of aliphatic carboxylic acids is 1. The normalized spacial score (nSPS) is 16.4. The number of amides is 2. The average Bonchev–Trinajstić information content (AvgIpc) is 2.96. The number of pyridine rings is 1. The molecule has 6 heteroatoms. The van der Waals surface area contributed by atoms with Crippen molar-refractivity contribution in [1.29, 1.82) is 0 Å². The number of rotatable bonds is 6. The minimum atomic E-state index is -0.810. The van der Waals surface area contributed by atoms with Gasteiger partial charge in [0.15, 0.2) is 0 Å². The maximum Gasteiger partial charge on any atom is 0.314 e. The summed E-state index contributed by atoms with van der Waals surface area (Å²) in [5, 5.41) is 14.7. The Morgan fingerprint density at radius 2 is 2.05 bits per heavy atom. The average molecular weight is 291 g/mol. The van der Waals surface area contributed by atoms with Crippen LogP contribution in [0.5, 0.6) is 0 Å². The smallest absolute Gasteiger partial charge is 0.314 e. The lowest BCUT2D eigenvalue weighted by atomic mass is 9.86. The minimum Gasteiger partial charge on any atom is -0.481 e. The number of nitrogens with one attached hydrogen (secondary N) is 2. The van der Waals surface area contributed by atoms with Gasteiger partial charge in [0.25, 0.3) is 0 Å². The Hall–Kier alpha value is -2.11. The Kier molecular flexibility index (Phi) is 5.14. The van der Waals surface area contributed by atoms with Crippen LogP contribution in [0.15, 0.2) is 24.5 Å². The monoisotopic (exact) mass is 291 g/mol. The fraction of sp³-hybridized carbons (Fsp3) is 0.533. The largest absolute Gasteiger partial charge is 0.481 e. The van der Waals surface area contributed by atoms with Gasteiger partial charge in [-0.2, -0.15) is 0 Å². The Balaban J connectivity index is 1.71. The molecule has 0 spiro atoms. The highest BCUT2D eigenvalue weighted by Gasteiger charge is 2.41. The van der Waals surface area contributed by atoms with Crippen molar-refractivity contribution in [3.63, 3.8) is 0 Å². The van der Waals surface area contributed by atoms with Crippen molar-refractivity contribution in [3.05, 3.63) is 30.1 Å². The van der Waals surface area contributed by atoms with E-state index >= 15 is 0 Å².